The van der Waals surface area contributed by atoms with Gasteiger partial charge in [0.2, 0.25) is 0 Å². The predicted molar refractivity (Wildman–Crippen MR) is 87.1 cm³/mol. The van der Waals surface area contributed by atoms with E-state index in [2.05, 4.69) is 43.4 Å². The van der Waals surface area contributed by atoms with Crippen molar-refractivity contribution in [2.45, 2.75) is 39.2 Å². The van der Waals surface area contributed by atoms with Gasteiger partial charge in [0.15, 0.2) is 0 Å². The molecule has 0 radical (unpaired) electrons. The molecular formula is C19H24FN. The summed E-state index contributed by atoms with van der Waals surface area (Å²) in [5.74, 6) is -0.101. The van der Waals surface area contributed by atoms with Crippen LogP contribution in [0.4, 0.5) is 4.39 Å². The van der Waals surface area contributed by atoms with Crippen LogP contribution in [0, 0.1) is 12.7 Å². The molecule has 0 bridgehead atoms. The second-order valence-electron chi connectivity index (χ2n) is 5.52. The molecule has 0 aliphatic carbocycles. The lowest BCUT2D eigenvalue weighted by Crippen LogP contribution is -2.31. The third kappa shape index (κ3) is 4.68. The van der Waals surface area contributed by atoms with Crippen molar-refractivity contribution in [3.8, 4) is 0 Å². The van der Waals surface area contributed by atoms with Gasteiger partial charge in [0, 0.05) is 6.04 Å². The molecule has 1 nitrogen and oxygen atoms in total. The first-order valence-electron chi connectivity index (χ1n) is 7.72. The summed E-state index contributed by atoms with van der Waals surface area (Å²) in [4.78, 5) is 0. The Labute approximate surface area is 127 Å². The van der Waals surface area contributed by atoms with Crippen molar-refractivity contribution in [1.29, 1.82) is 0 Å². The van der Waals surface area contributed by atoms with Gasteiger partial charge in [-0.15, -0.1) is 0 Å². The quantitative estimate of drug-likeness (QED) is 0.800. The lowest BCUT2D eigenvalue weighted by atomic mass is 9.97. The summed E-state index contributed by atoms with van der Waals surface area (Å²) in [7, 11) is 0. The molecule has 0 saturated carbocycles. The van der Waals surface area contributed by atoms with Gasteiger partial charge in [-0.05, 0) is 55.5 Å². The highest BCUT2D eigenvalue weighted by Crippen LogP contribution is 2.15. The Morgan fingerprint density at radius 1 is 1.00 bits per heavy atom. The molecule has 2 aromatic rings. The van der Waals surface area contributed by atoms with Crippen LogP contribution in [0.1, 0.15) is 30.0 Å². The molecule has 0 amide bonds. The number of likely N-dealkylation sites (N-methyl/N-ethyl adjacent to an activating group) is 1. The van der Waals surface area contributed by atoms with Gasteiger partial charge in [-0.25, -0.2) is 4.39 Å². The Bertz CT molecular complexity index is 565. The molecule has 0 heterocycles. The van der Waals surface area contributed by atoms with E-state index >= 15 is 0 Å². The number of hydrogen-bond donors (Lipinski definition) is 1. The summed E-state index contributed by atoms with van der Waals surface area (Å²) in [6.07, 6.45) is 2.79. The first-order chi connectivity index (χ1) is 10.2. The van der Waals surface area contributed by atoms with Gasteiger partial charge in [-0.3, -0.25) is 0 Å². The summed E-state index contributed by atoms with van der Waals surface area (Å²) < 4.78 is 13.8. The van der Waals surface area contributed by atoms with Crippen LogP contribution in [0.15, 0.2) is 48.5 Å². The molecule has 2 aromatic carbocycles. The van der Waals surface area contributed by atoms with E-state index < -0.39 is 0 Å². The minimum atomic E-state index is -0.101. The van der Waals surface area contributed by atoms with E-state index in [1.165, 1.54) is 11.1 Å². The fourth-order valence-corrected chi connectivity index (χ4v) is 2.71. The topological polar surface area (TPSA) is 12.0 Å². The van der Waals surface area contributed by atoms with E-state index in [1.54, 1.807) is 12.1 Å². The Hall–Kier alpha value is -1.67. The van der Waals surface area contributed by atoms with Gasteiger partial charge >= 0.3 is 0 Å². The molecular weight excluding hydrogens is 261 g/mol. The molecule has 0 aliphatic rings. The molecule has 112 valence electrons. The number of nitrogens with one attached hydrogen (secondary N) is 1. The summed E-state index contributed by atoms with van der Waals surface area (Å²) >= 11 is 0. The third-order valence-electron chi connectivity index (χ3n) is 3.94. The minimum Gasteiger partial charge on any atom is -0.314 e. The van der Waals surface area contributed by atoms with Crippen LogP contribution >= 0.6 is 0 Å². The average Bonchev–Trinajstić information content (AvgIpc) is 2.48. The van der Waals surface area contributed by atoms with Crippen molar-refractivity contribution in [3.63, 3.8) is 0 Å². The molecule has 0 fully saturated rings. The van der Waals surface area contributed by atoms with Crippen LogP contribution in [-0.4, -0.2) is 12.6 Å². The highest BCUT2D eigenvalue weighted by atomic mass is 19.1. The van der Waals surface area contributed by atoms with Crippen LogP contribution in [0.25, 0.3) is 0 Å². The first-order valence-corrected chi connectivity index (χ1v) is 7.72. The fourth-order valence-electron chi connectivity index (χ4n) is 2.71. The number of benzene rings is 2. The monoisotopic (exact) mass is 285 g/mol. The molecule has 0 saturated heterocycles. The van der Waals surface area contributed by atoms with Gasteiger partial charge in [0.25, 0.3) is 0 Å². The average molecular weight is 285 g/mol. The van der Waals surface area contributed by atoms with Gasteiger partial charge in [-0.2, -0.15) is 0 Å². The molecule has 0 aromatic heterocycles. The van der Waals surface area contributed by atoms with Crippen LogP contribution in [0.5, 0.6) is 0 Å². The highest BCUT2D eigenvalue weighted by molar-refractivity contribution is 5.26. The van der Waals surface area contributed by atoms with Crippen LogP contribution in [0.2, 0.25) is 0 Å². The van der Waals surface area contributed by atoms with Crippen molar-refractivity contribution in [2.75, 3.05) is 6.54 Å². The van der Waals surface area contributed by atoms with E-state index in [0.29, 0.717) is 6.04 Å². The first kappa shape index (κ1) is 15.7. The number of rotatable bonds is 7. The number of halogens is 1. The lowest BCUT2D eigenvalue weighted by molar-refractivity contribution is 0.479. The van der Waals surface area contributed by atoms with Crippen molar-refractivity contribution >= 4 is 0 Å². The van der Waals surface area contributed by atoms with Gasteiger partial charge in [-0.1, -0.05) is 49.4 Å². The summed E-state index contributed by atoms with van der Waals surface area (Å²) in [6.45, 7) is 5.16. The maximum absolute atomic E-state index is 13.8. The fraction of sp³-hybridized carbons (Fsp3) is 0.368. The second kappa shape index (κ2) is 7.94. The summed E-state index contributed by atoms with van der Waals surface area (Å²) in [5.41, 5.74) is 3.51. The second-order valence-corrected chi connectivity index (χ2v) is 5.52. The predicted octanol–water partition coefficient (Wildman–Crippen LogP) is 4.29. The van der Waals surface area contributed by atoms with Crippen molar-refractivity contribution in [3.05, 3.63) is 71.0 Å². The summed E-state index contributed by atoms with van der Waals surface area (Å²) in [5, 5.41) is 3.48. The van der Waals surface area contributed by atoms with Gasteiger partial charge < -0.3 is 5.32 Å². The number of hydrogen-bond acceptors (Lipinski definition) is 1. The largest absolute Gasteiger partial charge is 0.314 e. The maximum Gasteiger partial charge on any atom is 0.126 e. The van der Waals surface area contributed by atoms with E-state index in [-0.39, 0.29) is 5.82 Å². The molecule has 0 aliphatic heterocycles. The van der Waals surface area contributed by atoms with E-state index in [4.69, 9.17) is 0 Å². The van der Waals surface area contributed by atoms with E-state index in [9.17, 15) is 4.39 Å². The minimum absolute atomic E-state index is 0.101. The lowest BCUT2D eigenvalue weighted by Gasteiger charge is -2.19. The Balaban J connectivity index is 1.99. The number of aryl methyl sites for hydroxylation is 2. The Morgan fingerprint density at radius 3 is 2.33 bits per heavy atom. The molecule has 2 heteroatoms. The molecule has 1 unspecified atom stereocenters. The zero-order valence-corrected chi connectivity index (χ0v) is 12.9. The summed E-state index contributed by atoms with van der Waals surface area (Å²) in [6, 6.07) is 15.9. The van der Waals surface area contributed by atoms with Crippen molar-refractivity contribution < 1.29 is 4.39 Å². The normalized spacial score (nSPS) is 12.3. The Morgan fingerprint density at radius 2 is 1.67 bits per heavy atom. The molecule has 21 heavy (non-hydrogen) atoms. The SMILES string of the molecule is CCNC(CCc1ccccc1C)Cc1ccccc1F. The van der Waals surface area contributed by atoms with Gasteiger partial charge in [0.1, 0.15) is 5.82 Å². The zero-order valence-electron chi connectivity index (χ0n) is 12.9. The Kier molecular flexibility index (Phi) is 5.94. The van der Waals surface area contributed by atoms with Crippen molar-refractivity contribution in [1.82, 2.24) is 5.32 Å². The van der Waals surface area contributed by atoms with E-state index in [1.807, 2.05) is 12.1 Å². The van der Waals surface area contributed by atoms with E-state index in [0.717, 1.165) is 31.4 Å². The standard InChI is InChI=1S/C19H24FN/c1-3-21-18(14-17-10-6-7-11-19(17)20)13-12-16-9-5-4-8-15(16)2/h4-11,18,21H,3,12-14H2,1-2H3. The van der Waals surface area contributed by atoms with Crippen molar-refractivity contribution in [2.24, 2.45) is 0 Å². The molecule has 1 atom stereocenters. The molecule has 2 rings (SSSR count). The molecule has 1 N–H and O–H groups in total. The third-order valence-corrected chi connectivity index (χ3v) is 3.94. The maximum atomic E-state index is 13.8. The zero-order chi connectivity index (χ0) is 15.1. The van der Waals surface area contributed by atoms with Crippen LogP contribution in [-0.2, 0) is 12.8 Å². The molecule has 0 spiro atoms. The van der Waals surface area contributed by atoms with Gasteiger partial charge in [0.05, 0.1) is 0 Å². The smallest absolute Gasteiger partial charge is 0.126 e. The van der Waals surface area contributed by atoms with Crippen LogP contribution < -0.4 is 5.32 Å². The highest BCUT2D eigenvalue weighted by Gasteiger charge is 2.11. The van der Waals surface area contributed by atoms with Crippen LogP contribution in [0.3, 0.4) is 0 Å².